The fraction of sp³-hybridized carbons (Fsp3) is 0.100. The lowest BCUT2D eigenvalue weighted by Crippen LogP contribution is -2.12. The predicted molar refractivity (Wildman–Crippen MR) is 62.3 cm³/mol. The van der Waals surface area contributed by atoms with Gasteiger partial charge in [0.05, 0.1) is 14.7 Å². The Morgan fingerprint density at radius 3 is 2.56 bits per heavy atom. The van der Waals surface area contributed by atoms with Crippen LogP contribution in [0.4, 0.5) is 13.2 Å². The standard InChI is InChI=1S/C10H5F3INO/c11-10(12,13)6-3-1-2-5-8(6)15-4-7(14)9(5)16/h1-4H,(H,15,16). The van der Waals surface area contributed by atoms with E-state index >= 15 is 0 Å². The summed E-state index contributed by atoms with van der Waals surface area (Å²) in [6.07, 6.45) is -3.18. The molecule has 16 heavy (non-hydrogen) atoms. The van der Waals surface area contributed by atoms with E-state index in [9.17, 15) is 18.0 Å². The molecule has 2 aromatic rings. The Hall–Kier alpha value is -1.05. The van der Waals surface area contributed by atoms with Gasteiger partial charge in [-0.15, -0.1) is 0 Å². The molecule has 1 heterocycles. The Morgan fingerprint density at radius 1 is 1.25 bits per heavy atom. The molecule has 1 aromatic carbocycles. The van der Waals surface area contributed by atoms with Crippen molar-refractivity contribution in [2.45, 2.75) is 6.18 Å². The third kappa shape index (κ3) is 1.81. The second-order valence-corrected chi connectivity index (χ2v) is 4.35. The molecule has 0 saturated heterocycles. The summed E-state index contributed by atoms with van der Waals surface area (Å²) in [6.45, 7) is 0. The molecule has 0 bridgehead atoms. The highest BCUT2D eigenvalue weighted by Gasteiger charge is 2.33. The molecule has 0 unspecified atom stereocenters. The number of H-pyrrole nitrogens is 1. The Labute approximate surface area is 102 Å². The van der Waals surface area contributed by atoms with Gasteiger partial charge in [-0.1, -0.05) is 6.07 Å². The van der Waals surface area contributed by atoms with Crippen LogP contribution in [0.2, 0.25) is 0 Å². The lowest BCUT2D eigenvalue weighted by molar-refractivity contribution is -0.136. The van der Waals surface area contributed by atoms with Crippen LogP contribution in [0.3, 0.4) is 0 Å². The maximum absolute atomic E-state index is 12.6. The van der Waals surface area contributed by atoms with Crippen molar-refractivity contribution < 1.29 is 13.2 Å². The third-order valence-corrected chi connectivity index (χ3v) is 2.98. The van der Waals surface area contributed by atoms with Crippen molar-refractivity contribution in [3.05, 3.63) is 43.8 Å². The minimum Gasteiger partial charge on any atom is -0.359 e. The van der Waals surface area contributed by atoms with Gasteiger partial charge in [0.1, 0.15) is 0 Å². The number of hydrogen-bond donors (Lipinski definition) is 1. The molecule has 2 rings (SSSR count). The zero-order chi connectivity index (χ0) is 11.9. The molecule has 0 aliphatic carbocycles. The highest BCUT2D eigenvalue weighted by atomic mass is 127. The molecule has 0 aliphatic heterocycles. The fourth-order valence-corrected chi connectivity index (χ4v) is 1.91. The lowest BCUT2D eigenvalue weighted by atomic mass is 10.1. The topological polar surface area (TPSA) is 32.9 Å². The van der Waals surface area contributed by atoms with E-state index in [4.69, 9.17) is 0 Å². The first-order valence-electron chi connectivity index (χ1n) is 4.28. The van der Waals surface area contributed by atoms with E-state index in [-0.39, 0.29) is 16.3 Å². The Balaban J connectivity index is 2.91. The van der Waals surface area contributed by atoms with Crippen LogP contribution in [0.1, 0.15) is 5.56 Å². The van der Waals surface area contributed by atoms with E-state index in [1.54, 1.807) is 22.6 Å². The number of aromatic amines is 1. The summed E-state index contributed by atoms with van der Waals surface area (Å²) in [4.78, 5) is 14.1. The zero-order valence-corrected chi connectivity index (χ0v) is 9.89. The van der Waals surface area contributed by atoms with E-state index in [0.29, 0.717) is 3.57 Å². The van der Waals surface area contributed by atoms with Crippen LogP contribution >= 0.6 is 22.6 Å². The first kappa shape index (κ1) is 11.4. The van der Waals surface area contributed by atoms with Gasteiger partial charge in [-0.2, -0.15) is 13.2 Å². The third-order valence-electron chi connectivity index (χ3n) is 2.17. The molecule has 0 amide bonds. The van der Waals surface area contributed by atoms with Gasteiger partial charge in [-0.3, -0.25) is 4.79 Å². The van der Waals surface area contributed by atoms with Crippen molar-refractivity contribution in [1.82, 2.24) is 4.98 Å². The molecule has 2 nitrogen and oxygen atoms in total. The monoisotopic (exact) mass is 339 g/mol. The van der Waals surface area contributed by atoms with Gasteiger partial charge in [0.15, 0.2) is 0 Å². The Kier molecular flexibility index (Phi) is 2.69. The summed E-state index contributed by atoms with van der Waals surface area (Å²) in [7, 11) is 0. The second kappa shape index (κ2) is 3.76. The van der Waals surface area contributed by atoms with Gasteiger partial charge in [-0.05, 0) is 34.7 Å². The number of hydrogen-bond acceptors (Lipinski definition) is 1. The van der Waals surface area contributed by atoms with Crippen LogP contribution in [-0.2, 0) is 6.18 Å². The Morgan fingerprint density at radius 2 is 1.94 bits per heavy atom. The number of nitrogens with one attached hydrogen (secondary N) is 1. The smallest absolute Gasteiger partial charge is 0.359 e. The highest BCUT2D eigenvalue weighted by Crippen LogP contribution is 2.32. The van der Waals surface area contributed by atoms with Gasteiger partial charge < -0.3 is 4.98 Å². The lowest BCUT2D eigenvalue weighted by Gasteiger charge is -2.09. The zero-order valence-electron chi connectivity index (χ0n) is 7.73. The molecular weight excluding hydrogens is 334 g/mol. The fourth-order valence-electron chi connectivity index (χ4n) is 1.46. The molecule has 0 aliphatic rings. The van der Waals surface area contributed by atoms with Crippen LogP contribution in [0.25, 0.3) is 10.9 Å². The number of rotatable bonds is 0. The van der Waals surface area contributed by atoms with Crippen molar-refractivity contribution in [1.29, 1.82) is 0 Å². The number of halogens is 4. The number of aromatic nitrogens is 1. The van der Waals surface area contributed by atoms with E-state index in [1.807, 2.05) is 0 Å². The highest BCUT2D eigenvalue weighted by molar-refractivity contribution is 14.1. The van der Waals surface area contributed by atoms with Gasteiger partial charge in [0.2, 0.25) is 5.43 Å². The normalized spacial score (nSPS) is 12.0. The van der Waals surface area contributed by atoms with Crippen LogP contribution in [-0.4, -0.2) is 4.98 Å². The average molecular weight is 339 g/mol. The first-order chi connectivity index (χ1) is 7.41. The molecule has 0 radical (unpaired) electrons. The Bertz CT molecular complexity index is 603. The van der Waals surface area contributed by atoms with E-state index in [1.165, 1.54) is 18.3 Å². The summed E-state index contributed by atoms with van der Waals surface area (Å²) in [5.41, 5.74) is -1.38. The summed E-state index contributed by atoms with van der Waals surface area (Å²) in [6, 6.07) is 3.56. The predicted octanol–water partition coefficient (Wildman–Crippen LogP) is 3.15. The molecule has 0 atom stereocenters. The van der Waals surface area contributed by atoms with E-state index in [2.05, 4.69) is 4.98 Å². The average Bonchev–Trinajstić information content (AvgIpc) is 2.21. The minimum atomic E-state index is -4.46. The summed E-state index contributed by atoms with van der Waals surface area (Å²) in [5.74, 6) is 0. The van der Waals surface area contributed by atoms with Crippen molar-refractivity contribution in [2.75, 3.05) is 0 Å². The first-order valence-corrected chi connectivity index (χ1v) is 5.36. The van der Waals surface area contributed by atoms with Crippen molar-refractivity contribution >= 4 is 33.5 Å². The summed E-state index contributed by atoms with van der Waals surface area (Å²) in [5, 5.41) is 0.0572. The number of pyridine rings is 1. The van der Waals surface area contributed by atoms with Gasteiger partial charge in [0.25, 0.3) is 0 Å². The second-order valence-electron chi connectivity index (χ2n) is 3.19. The van der Waals surface area contributed by atoms with Gasteiger partial charge in [0, 0.05) is 11.6 Å². The summed E-state index contributed by atoms with van der Waals surface area (Å²) >= 11 is 1.78. The molecule has 0 saturated carbocycles. The molecular formula is C10H5F3INO. The van der Waals surface area contributed by atoms with Crippen molar-refractivity contribution in [2.24, 2.45) is 0 Å². The van der Waals surface area contributed by atoms with Gasteiger partial charge in [-0.25, -0.2) is 0 Å². The van der Waals surface area contributed by atoms with Crippen molar-refractivity contribution in [3.8, 4) is 0 Å². The number of benzene rings is 1. The van der Waals surface area contributed by atoms with E-state index < -0.39 is 11.7 Å². The molecule has 0 spiro atoms. The van der Waals surface area contributed by atoms with Crippen LogP contribution < -0.4 is 5.43 Å². The number of fused-ring (bicyclic) bond motifs is 1. The van der Waals surface area contributed by atoms with Crippen molar-refractivity contribution in [3.63, 3.8) is 0 Å². The van der Waals surface area contributed by atoms with E-state index in [0.717, 1.165) is 6.07 Å². The maximum Gasteiger partial charge on any atom is 0.418 e. The molecule has 0 fully saturated rings. The molecule has 84 valence electrons. The number of alkyl halides is 3. The largest absolute Gasteiger partial charge is 0.418 e. The van der Waals surface area contributed by atoms with Crippen LogP contribution in [0, 0.1) is 3.57 Å². The summed E-state index contributed by atoms with van der Waals surface area (Å²) < 4.78 is 38.2. The maximum atomic E-state index is 12.6. The molecule has 1 aromatic heterocycles. The minimum absolute atomic E-state index is 0.0572. The van der Waals surface area contributed by atoms with Crippen LogP contribution in [0.5, 0.6) is 0 Å². The quantitative estimate of drug-likeness (QED) is 0.735. The number of para-hydroxylation sites is 1. The molecule has 1 N–H and O–H groups in total. The van der Waals surface area contributed by atoms with Gasteiger partial charge >= 0.3 is 6.18 Å². The molecule has 6 heteroatoms. The SMILES string of the molecule is O=c1c(I)c[nH]c2c(C(F)(F)F)cccc12. The van der Waals surface area contributed by atoms with Crippen LogP contribution in [0.15, 0.2) is 29.2 Å².